The topological polar surface area (TPSA) is 75.5 Å². The van der Waals surface area contributed by atoms with E-state index in [-0.39, 0.29) is 10.8 Å². The Kier molecular flexibility index (Phi) is 7.62. The van der Waals surface area contributed by atoms with E-state index in [0.29, 0.717) is 31.4 Å². The van der Waals surface area contributed by atoms with Gasteiger partial charge in [0.1, 0.15) is 5.82 Å². The third kappa shape index (κ3) is 4.86. The van der Waals surface area contributed by atoms with E-state index in [1.165, 1.54) is 9.87 Å². The van der Waals surface area contributed by atoms with E-state index in [9.17, 15) is 13.2 Å². The van der Waals surface area contributed by atoms with Crippen LogP contribution in [0, 0.1) is 6.92 Å². The molecule has 2 aromatic carbocycles. The summed E-state index contributed by atoms with van der Waals surface area (Å²) in [6, 6.07) is 11.4. The Balaban J connectivity index is 1.61. The number of benzene rings is 2. The van der Waals surface area contributed by atoms with Crippen LogP contribution in [0.5, 0.6) is 0 Å². The number of aromatic nitrogens is 2. The Morgan fingerprint density at radius 3 is 2.60 bits per heavy atom. The molecule has 0 fully saturated rings. The molecular formula is C27H36N4O3S. The number of nitrogens with zero attached hydrogens (tertiary/aromatic N) is 4. The molecule has 4 rings (SSSR count). The number of hydrogen-bond acceptors (Lipinski definition) is 4. The fourth-order valence-electron chi connectivity index (χ4n) is 5.15. The quantitative estimate of drug-likeness (QED) is 0.430. The Morgan fingerprint density at radius 2 is 1.89 bits per heavy atom. The van der Waals surface area contributed by atoms with Crippen LogP contribution in [-0.4, -0.2) is 47.8 Å². The monoisotopic (exact) mass is 496 g/mol. The molecule has 3 aromatic rings. The van der Waals surface area contributed by atoms with Gasteiger partial charge in [0.2, 0.25) is 15.9 Å². The first-order chi connectivity index (χ1) is 16.8. The van der Waals surface area contributed by atoms with Gasteiger partial charge >= 0.3 is 0 Å². The van der Waals surface area contributed by atoms with Crippen LogP contribution in [-0.2, 0) is 34.2 Å². The molecule has 2 heterocycles. The van der Waals surface area contributed by atoms with Gasteiger partial charge in [0.25, 0.3) is 0 Å². The summed E-state index contributed by atoms with van der Waals surface area (Å²) >= 11 is 0. The lowest BCUT2D eigenvalue weighted by atomic mass is 9.98. The zero-order valence-electron chi connectivity index (χ0n) is 21.2. The van der Waals surface area contributed by atoms with Crippen molar-refractivity contribution >= 4 is 32.7 Å². The standard InChI is InChI=1S/C27H36N4O3S/c1-5-17-30-24-14-13-22(35(33,34)29(6-2)7-3)19-23(24)28-25(30)15-16-26(32)31-18-9-12-21-11-8-10-20(4)27(21)31/h8,10-11,13-14,19H,5-7,9,12,15-18H2,1-4H3. The summed E-state index contributed by atoms with van der Waals surface area (Å²) in [4.78, 5) is 20.3. The smallest absolute Gasteiger partial charge is 0.243 e. The molecule has 0 atom stereocenters. The van der Waals surface area contributed by atoms with Crippen molar-refractivity contribution in [2.24, 2.45) is 0 Å². The first kappa shape index (κ1) is 25.4. The molecule has 0 saturated carbocycles. The number of carbonyl (C=O) groups excluding carboxylic acids is 1. The molecule has 0 bridgehead atoms. The first-order valence-corrected chi connectivity index (χ1v) is 14.1. The number of fused-ring (bicyclic) bond motifs is 2. The molecule has 8 heteroatoms. The van der Waals surface area contributed by atoms with Crippen molar-refractivity contribution in [2.45, 2.75) is 71.2 Å². The van der Waals surface area contributed by atoms with Crippen LogP contribution in [0.4, 0.5) is 5.69 Å². The van der Waals surface area contributed by atoms with E-state index in [1.54, 1.807) is 12.1 Å². The summed E-state index contributed by atoms with van der Waals surface area (Å²) in [5, 5.41) is 0. The largest absolute Gasteiger partial charge is 0.328 e. The van der Waals surface area contributed by atoms with Gasteiger partial charge in [0.15, 0.2) is 0 Å². The summed E-state index contributed by atoms with van der Waals surface area (Å²) in [6.45, 7) is 10.2. The molecule has 1 aliphatic rings. The minimum absolute atomic E-state index is 0.111. The van der Waals surface area contributed by atoms with Gasteiger partial charge in [-0.1, -0.05) is 39.0 Å². The molecule has 0 unspecified atom stereocenters. The number of amides is 1. The SMILES string of the molecule is CCCn1c(CCC(=O)N2CCCc3cccc(C)c32)nc2cc(S(=O)(=O)N(CC)CC)ccc21. The molecule has 7 nitrogen and oxygen atoms in total. The van der Waals surface area contributed by atoms with Crippen LogP contribution >= 0.6 is 0 Å². The lowest BCUT2D eigenvalue weighted by Gasteiger charge is -2.31. The molecule has 0 N–H and O–H groups in total. The number of para-hydroxylation sites is 1. The highest BCUT2D eigenvalue weighted by Gasteiger charge is 2.25. The number of carbonyl (C=O) groups is 1. The minimum Gasteiger partial charge on any atom is -0.328 e. The summed E-state index contributed by atoms with van der Waals surface area (Å²) in [5.41, 5.74) is 5.01. The molecular weight excluding hydrogens is 460 g/mol. The van der Waals surface area contributed by atoms with Crippen LogP contribution in [0.15, 0.2) is 41.3 Å². The van der Waals surface area contributed by atoms with E-state index < -0.39 is 10.0 Å². The van der Waals surface area contributed by atoms with E-state index >= 15 is 0 Å². The normalized spacial score (nSPS) is 14.0. The van der Waals surface area contributed by atoms with Crippen molar-refractivity contribution in [3.63, 3.8) is 0 Å². The lowest BCUT2D eigenvalue weighted by molar-refractivity contribution is -0.118. The number of rotatable bonds is 9. The maximum Gasteiger partial charge on any atom is 0.243 e. The molecule has 35 heavy (non-hydrogen) atoms. The van der Waals surface area contributed by atoms with Gasteiger partial charge < -0.3 is 9.47 Å². The predicted octanol–water partition coefficient (Wildman–Crippen LogP) is 4.70. The molecule has 1 amide bonds. The van der Waals surface area contributed by atoms with Crippen molar-refractivity contribution in [3.8, 4) is 0 Å². The fourth-order valence-corrected chi connectivity index (χ4v) is 6.63. The number of hydrogen-bond donors (Lipinski definition) is 0. The van der Waals surface area contributed by atoms with Gasteiger partial charge in [0.05, 0.1) is 15.9 Å². The van der Waals surface area contributed by atoms with Crippen LogP contribution in [0.25, 0.3) is 11.0 Å². The van der Waals surface area contributed by atoms with Gasteiger partial charge in [-0.15, -0.1) is 0 Å². The van der Waals surface area contributed by atoms with Crippen molar-refractivity contribution in [3.05, 3.63) is 53.3 Å². The number of anilines is 1. The summed E-state index contributed by atoms with van der Waals surface area (Å²) in [7, 11) is -3.56. The van der Waals surface area contributed by atoms with Crippen LogP contribution < -0.4 is 4.90 Å². The van der Waals surface area contributed by atoms with Crippen molar-refractivity contribution < 1.29 is 13.2 Å². The average molecular weight is 497 g/mol. The Morgan fingerprint density at radius 1 is 1.11 bits per heavy atom. The van der Waals surface area contributed by atoms with Crippen molar-refractivity contribution in [2.75, 3.05) is 24.5 Å². The van der Waals surface area contributed by atoms with E-state index in [2.05, 4.69) is 36.6 Å². The van der Waals surface area contributed by atoms with Gasteiger partial charge in [-0.05, 0) is 55.5 Å². The Labute approximate surface area is 208 Å². The summed E-state index contributed by atoms with van der Waals surface area (Å²) < 4.78 is 29.6. The van der Waals surface area contributed by atoms with E-state index in [4.69, 9.17) is 4.98 Å². The third-order valence-corrected chi connectivity index (χ3v) is 8.92. The van der Waals surface area contributed by atoms with E-state index in [0.717, 1.165) is 54.9 Å². The number of imidazole rings is 1. The van der Waals surface area contributed by atoms with Gasteiger partial charge in [-0.25, -0.2) is 13.4 Å². The number of sulfonamides is 1. The Bertz CT molecular complexity index is 1330. The first-order valence-electron chi connectivity index (χ1n) is 12.7. The van der Waals surface area contributed by atoms with Gasteiger partial charge in [0, 0.05) is 44.7 Å². The highest BCUT2D eigenvalue weighted by molar-refractivity contribution is 7.89. The second-order valence-electron chi connectivity index (χ2n) is 9.15. The van der Waals surface area contributed by atoms with Gasteiger partial charge in [-0.3, -0.25) is 4.79 Å². The second kappa shape index (κ2) is 10.5. The van der Waals surface area contributed by atoms with Crippen molar-refractivity contribution in [1.82, 2.24) is 13.9 Å². The molecule has 1 aliphatic heterocycles. The maximum absolute atomic E-state index is 13.3. The molecule has 1 aromatic heterocycles. The maximum atomic E-state index is 13.3. The average Bonchev–Trinajstić information content (AvgIpc) is 3.20. The Hall–Kier alpha value is -2.71. The highest BCUT2D eigenvalue weighted by Crippen LogP contribution is 2.31. The zero-order chi connectivity index (χ0) is 25.2. The van der Waals surface area contributed by atoms with Crippen LogP contribution in [0.3, 0.4) is 0 Å². The fraction of sp³-hybridized carbons (Fsp3) is 0.481. The van der Waals surface area contributed by atoms with Crippen molar-refractivity contribution in [1.29, 1.82) is 0 Å². The summed E-state index contributed by atoms with van der Waals surface area (Å²) in [5.74, 6) is 0.940. The molecule has 0 spiro atoms. The molecule has 0 aliphatic carbocycles. The second-order valence-corrected chi connectivity index (χ2v) is 11.1. The third-order valence-electron chi connectivity index (χ3n) is 6.87. The van der Waals surface area contributed by atoms with Gasteiger partial charge in [-0.2, -0.15) is 4.31 Å². The van der Waals surface area contributed by atoms with Crippen LogP contribution in [0.1, 0.15) is 57.0 Å². The zero-order valence-corrected chi connectivity index (χ0v) is 22.1. The minimum atomic E-state index is -3.56. The van der Waals surface area contributed by atoms with E-state index in [1.807, 2.05) is 24.8 Å². The number of aryl methyl sites for hydroxylation is 4. The van der Waals surface area contributed by atoms with Crippen LogP contribution in [0.2, 0.25) is 0 Å². The predicted molar refractivity (Wildman–Crippen MR) is 140 cm³/mol. The lowest BCUT2D eigenvalue weighted by Crippen LogP contribution is -2.36. The highest BCUT2D eigenvalue weighted by atomic mass is 32.2. The molecule has 0 radical (unpaired) electrons. The molecule has 0 saturated heterocycles. The molecule has 188 valence electrons. The summed E-state index contributed by atoms with van der Waals surface area (Å²) in [6.07, 6.45) is 3.78.